The van der Waals surface area contributed by atoms with Crippen molar-refractivity contribution in [2.75, 3.05) is 0 Å². The summed E-state index contributed by atoms with van der Waals surface area (Å²) >= 11 is 0. The quantitative estimate of drug-likeness (QED) is 0.830. The van der Waals surface area contributed by atoms with Crippen molar-refractivity contribution >= 4 is 11.4 Å². The first-order chi connectivity index (χ1) is 11.6. The van der Waals surface area contributed by atoms with Gasteiger partial charge in [-0.05, 0) is 47.2 Å². The van der Waals surface area contributed by atoms with Gasteiger partial charge in [0.2, 0.25) is 0 Å². The van der Waals surface area contributed by atoms with Crippen molar-refractivity contribution in [1.29, 1.82) is 0 Å². The summed E-state index contributed by atoms with van der Waals surface area (Å²) in [6.07, 6.45) is 4.59. The van der Waals surface area contributed by atoms with Crippen LogP contribution >= 0.6 is 0 Å². The maximum atomic E-state index is 12.5. The van der Waals surface area contributed by atoms with Crippen LogP contribution in [0.5, 0.6) is 5.75 Å². The van der Waals surface area contributed by atoms with E-state index >= 15 is 0 Å². The van der Waals surface area contributed by atoms with Crippen molar-refractivity contribution in [2.24, 2.45) is 5.92 Å². The number of phenolic OH excluding ortho intramolecular Hbond substituents is 1. The van der Waals surface area contributed by atoms with Crippen molar-refractivity contribution < 1.29 is 9.90 Å². The highest BCUT2D eigenvalue weighted by Crippen LogP contribution is 2.43. The number of ketones is 1. The van der Waals surface area contributed by atoms with E-state index in [1.807, 2.05) is 19.1 Å². The van der Waals surface area contributed by atoms with Crippen LogP contribution in [-0.2, 0) is 11.2 Å². The maximum absolute atomic E-state index is 12.5. The van der Waals surface area contributed by atoms with Gasteiger partial charge in [0.1, 0.15) is 11.5 Å². The van der Waals surface area contributed by atoms with E-state index in [2.05, 4.69) is 37.3 Å². The fraction of sp³-hybridized carbons (Fsp3) is 0.318. The van der Waals surface area contributed by atoms with Gasteiger partial charge in [0, 0.05) is 18.3 Å². The lowest BCUT2D eigenvalue weighted by molar-refractivity contribution is -0.121. The van der Waals surface area contributed by atoms with Gasteiger partial charge in [0.05, 0.1) is 0 Å². The van der Waals surface area contributed by atoms with E-state index in [9.17, 15) is 9.90 Å². The minimum absolute atomic E-state index is 0.0497. The molecule has 124 valence electrons. The van der Waals surface area contributed by atoms with Crippen molar-refractivity contribution in [3.63, 3.8) is 0 Å². The zero-order valence-corrected chi connectivity index (χ0v) is 14.3. The summed E-state index contributed by atoms with van der Waals surface area (Å²) in [4.78, 5) is 12.5. The Hall–Kier alpha value is -2.35. The summed E-state index contributed by atoms with van der Waals surface area (Å²) < 4.78 is 0. The summed E-state index contributed by atoms with van der Waals surface area (Å²) in [7, 11) is 0. The number of aryl methyl sites for hydroxylation is 1. The van der Waals surface area contributed by atoms with E-state index in [1.54, 1.807) is 12.1 Å². The number of carbonyl (C=O) groups excluding carboxylic acids is 1. The number of allylic oxidation sites excluding steroid dienone is 2. The SMILES string of the molecule is CCC(=O)C1C=C(c2ccc(O)cc2)C[C@H]1c1ccc(CC)cc1. The molecule has 1 unspecified atom stereocenters. The molecule has 24 heavy (non-hydrogen) atoms. The van der Waals surface area contributed by atoms with Gasteiger partial charge in [0.15, 0.2) is 0 Å². The number of aromatic hydroxyl groups is 1. The fourth-order valence-corrected chi connectivity index (χ4v) is 3.53. The van der Waals surface area contributed by atoms with Crippen LogP contribution in [-0.4, -0.2) is 10.9 Å². The average Bonchev–Trinajstić information content (AvgIpc) is 3.07. The van der Waals surface area contributed by atoms with Gasteiger partial charge in [-0.2, -0.15) is 0 Å². The second-order valence-corrected chi connectivity index (χ2v) is 6.49. The normalized spacial score (nSPS) is 20.0. The van der Waals surface area contributed by atoms with Crippen LogP contribution in [0.1, 0.15) is 49.3 Å². The molecule has 1 N–H and O–H groups in total. The minimum atomic E-state index is -0.0497. The Bertz CT molecular complexity index is 739. The smallest absolute Gasteiger partial charge is 0.140 e. The lowest BCUT2D eigenvalue weighted by Gasteiger charge is -2.19. The Balaban J connectivity index is 1.91. The highest BCUT2D eigenvalue weighted by molar-refractivity contribution is 5.88. The van der Waals surface area contributed by atoms with Crippen LogP contribution in [0, 0.1) is 5.92 Å². The van der Waals surface area contributed by atoms with Gasteiger partial charge in [-0.1, -0.05) is 56.3 Å². The number of rotatable bonds is 5. The molecule has 1 aliphatic carbocycles. The monoisotopic (exact) mass is 320 g/mol. The molecule has 2 atom stereocenters. The van der Waals surface area contributed by atoms with Crippen molar-refractivity contribution in [3.8, 4) is 5.75 Å². The van der Waals surface area contributed by atoms with Crippen LogP contribution in [0.3, 0.4) is 0 Å². The van der Waals surface area contributed by atoms with Gasteiger partial charge in [-0.25, -0.2) is 0 Å². The average molecular weight is 320 g/mol. The molecule has 0 saturated carbocycles. The molecule has 0 radical (unpaired) electrons. The summed E-state index contributed by atoms with van der Waals surface area (Å²) in [5.41, 5.74) is 4.85. The zero-order valence-electron chi connectivity index (χ0n) is 14.3. The molecule has 0 aliphatic heterocycles. The van der Waals surface area contributed by atoms with Crippen molar-refractivity contribution in [2.45, 2.75) is 39.0 Å². The van der Waals surface area contributed by atoms with Crippen LogP contribution in [0.2, 0.25) is 0 Å². The molecule has 0 fully saturated rings. The molecule has 0 aromatic heterocycles. The Morgan fingerprint density at radius 1 is 1.04 bits per heavy atom. The van der Waals surface area contributed by atoms with Crippen molar-refractivity contribution in [1.82, 2.24) is 0 Å². The summed E-state index contributed by atoms with van der Waals surface area (Å²) in [6, 6.07) is 15.9. The molecule has 2 aromatic carbocycles. The summed E-state index contributed by atoms with van der Waals surface area (Å²) in [6.45, 7) is 4.09. The van der Waals surface area contributed by atoms with E-state index in [0.29, 0.717) is 12.2 Å². The lowest BCUT2D eigenvalue weighted by Crippen LogP contribution is -2.16. The van der Waals surface area contributed by atoms with E-state index in [1.165, 1.54) is 16.7 Å². The third-order valence-electron chi connectivity index (χ3n) is 5.03. The molecule has 1 aliphatic rings. The van der Waals surface area contributed by atoms with Gasteiger partial charge in [-0.3, -0.25) is 4.79 Å². The third kappa shape index (κ3) is 3.28. The van der Waals surface area contributed by atoms with E-state index in [-0.39, 0.29) is 17.6 Å². The lowest BCUT2D eigenvalue weighted by atomic mass is 9.84. The number of phenols is 1. The molecule has 0 amide bonds. The van der Waals surface area contributed by atoms with Gasteiger partial charge < -0.3 is 5.11 Å². The number of Topliss-reactive ketones (excluding diaryl/α,β-unsaturated/α-hetero) is 1. The predicted octanol–water partition coefficient (Wildman–Crippen LogP) is 5.12. The largest absolute Gasteiger partial charge is 0.508 e. The van der Waals surface area contributed by atoms with Crippen LogP contribution in [0.25, 0.3) is 5.57 Å². The molecule has 0 saturated heterocycles. The van der Waals surface area contributed by atoms with Crippen LogP contribution in [0.15, 0.2) is 54.6 Å². The summed E-state index contributed by atoms with van der Waals surface area (Å²) in [5, 5.41) is 9.48. The molecule has 0 bridgehead atoms. The Morgan fingerprint density at radius 2 is 1.71 bits per heavy atom. The second-order valence-electron chi connectivity index (χ2n) is 6.49. The summed E-state index contributed by atoms with van der Waals surface area (Å²) in [5.74, 6) is 0.733. The second kappa shape index (κ2) is 7.04. The Kier molecular flexibility index (Phi) is 4.84. The maximum Gasteiger partial charge on any atom is 0.140 e. The highest BCUT2D eigenvalue weighted by atomic mass is 16.3. The predicted molar refractivity (Wildman–Crippen MR) is 98.0 cm³/mol. The molecule has 2 aromatic rings. The standard InChI is InChI=1S/C22H24O2/c1-3-15-5-7-17(8-6-15)20-13-18(14-21(20)22(24)4-2)16-9-11-19(23)12-10-16/h5-12,14,20-21,23H,3-4,13H2,1-2H3/t20-,21?/m0/s1. The Labute approximate surface area is 143 Å². The Morgan fingerprint density at radius 3 is 2.29 bits per heavy atom. The number of hydrogen-bond donors (Lipinski definition) is 1. The minimum Gasteiger partial charge on any atom is -0.508 e. The molecule has 3 rings (SSSR count). The molecule has 2 heteroatoms. The molecular formula is C22H24O2. The van der Waals surface area contributed by atoms with Crippen LogP contribution in [0.4, 0.5) is 0 Å². The first-order valence-electron chi connectivity index (χ1n) is 8.74. The van der Waals surface area contributed by atoms with E-state index < -0.39 is 0 Å². The molecule has 0 spiro atoms. The zero-order chi connectivity index (χ0) is 17.1. The fourth-order valence-electron chi connectivity index (χ4n) is 3.53. The van der Waals surface area contributed by atoms with Gasteiger partial charge in [-0.15, -0.1) is 0 Å². The number of hydrogen-bond acceptors (Lipinski definition) is 2. The van der Waals surface area contributed by atoms with Crippen LogP contribution < -0.4 is 0 Å². The number of carbonyl (C=O) groups is 1. The third-order valence-corrected chi connectivity index (χ3v) is 5.03. The van der Waals surface area contributed by atoms with E-state index in [0.717, 1.165) is 18.4 Å². The van der Waals surface area contributed by atoms with Crippen molar-refractivity contribution in [3.05, 3.63) is 71.3 Å². The molecule has 0 heterocycles. The first kappa shape index (κ1) is 16.5. The first-order valence-corrected chi connectivity index (χ1v) is 8.74. The van der Waals surface area contributed by atoms with Gasteiger partial charge in [0.25, 0.3) is 0 Å². The number of benzene rings is 2. The van der Waals surface area contributed by atoms with E-state index in [4.69, 9.17) is 0 Å². The molecular weight excluding hydrogens is 296 g/mol. The molecule has 2 nitrogen and oxygen atoms in total. The van der Waals surface area contributed by atoms with Gasteiger partial charge >= 0.3 is 0 Å². The topological polar surface area (TPSA) is 37.3 Å². The highest BCUT2D eigenvalue weighted by Gasteiger charge is 2.33.